The summed E-state index contributed by atoms with van der Waals surface area (Å²) in [6, 6.07) is 4.21. The molecule has 1 fully saturated rings. The van der Waals surface area contributed by atoms with Crippen LogP contribution in [0.15, 0.2) is 12.1 Å². The topological polar surface area (TPSA) is 53.6 Å². The summed E-state index contributed by atoms with van der Waals surface area (Å²) in [5, 5.41) is 6.31. The second kappa shape index (κ2) is 5.32. The van der Waals surface area contributed by atoms with Crippen LogP contribution in [0.3, 0.4) is 0 Å². The number of anilines is 2. The number of fused-ring (bicyclic) bond motifs is 1. The summed E-state index contributed by atoms with van der Waals surface area (Å²) in [7, 11) is 0. The fourth-order valence-corrected chi connectivity index (χ4v) is 2.70. The monoisotopic (exact) mass is 275 g/mol. The number of hydrogen-bond donors (Lipinski definition) is 2. The molecule has 1 unspecified atom stereocenters. The highest BCUT2D eigenvalue weighted by molar-refractivity contribution is 5.99. The largest absolute Gasteiger partial charge is 0.477 e. The standard InChI is InChI=1S/C15H21N3O2/c1-3-11-8-12-14(20-10(2)15(19)17-12)13(9-11)18-6-4-16-5-7-18/h8-10,16H,3-7H2,1-2H3,(H,17,19). The van der Waals surface area contributed by atoms with Gasteiger partial charge < -0.3 is 20.3 Å². The summed E-state index contributed by atoms with van der Waals surface area (Å²) in [4.78, 5) is 14.1. The minimum atomic E-state index is -0.434. The second-order valence-corrected chi connectivity index (χ2v) is 5.33. The molecular weight excluding hydrogens is 254 g/mol. The first-order valence-electron chi connectivity index (χ1n) is 7.29. The van der Waals surface area contributed by atoms with Crippen LogP contribution in [0.5, 0.6) is 5.75 Å². The highest BCUT2D eigenvalue weighted by Gasteiger charge is 2.28. The number of nitrogens with one attached hydrogen (secondary N) is 2. The number of benzene rings is 1. The first-order valence-corrected chi connectivity index (χ1v) is 7.29. The molecule has 0 aromatic heterocycles. The lowest BCUT2D eigenvalue weighted by Gasteiger charge is -2.34. The van der Waals surface area contributed by atoms with E-state index in [2.05, 4.69) is 28.5 Å². The van der Waals surface area contributed by atoms with E-state index in [0.717, 1.165) is 49.7 Å². The van der Waals surface area contributed by atoms with Crippen LogP contribution < -0.4 is 20.3 Å². The molecule has 20 heavy (non-hydrogen) atoms. The Morgan fingerprint density at radius 2 is 2.10 bits per heavy atom. The molecule has 5 heteroatoms. The third kappa shape index (κ3) is 2.33. The van der Waals surface area contributed by atoms with Crippen molar-refractivity contribution in [2.45, 2.75) is 26.4 Å². The molecule has 0 aliphatic carbocycles. The number of rotatable bonds is 2. The van der Waals surface area contributed by atoms with Gasteiger partial charge in [0.1, 0.15) is 0 Å². The molecule has 3 rings (SSSR count). The lowest BCUT2D eigenvalue weighted by atomic mass is 10.1. The van der Waals surface area contributed by atoms with Crippen molar-refractivity contribution in [3.63, 3.8) is 0 Å². The molecule has 2 N–H and O–H groups in total. The highest BCUT2D eigenvalue weighted by atomic mass is 16.5. The number of carbonyl (C=O) groups is 1. The van der Waals surface area contributed by atoms with Gasteiger partial charge in [-0.3, -0.25) is 4.79 Å². The van der Waals surface area contributed by atoms with Crippen molar-refractivity contribution in [1.82, 2.24) is 5.32 Å². The molecule has 2 aliphatic rings. The quantitative estimate of drug-likeness (QED) is 0.856. The highest BCUT2D eigenvalue weighted by Crippen LogP contribution is 2.40. The summed E-state index contributed by atoms with van der Waals surface area (Å²) in [6.07, 6.45) is 0.509. The van der Waals surface area contributed by atoms with Gasteiger partial charge in [0.05, 0.1) is 11.4 Å². The molecule has 1 atom stereocenters. The first-order chi connectivity index (χ1) is 9.69. The van der Waals surface area contributed by atoms with Gasteiger partial charge in [-0.15, -0.1) is 0 Å². The van der Waals surface area contributed by atoms with Gasteiger partial charge in [-0.1, -0.05) is 6.92 Å². The van der Waals surface area contributed by atoms with Gasteiger partial charge in [0.2, 0.25) is 0 Å². The number of amides is 1. The summed E-state index contributed by atoms with van der Waals surface area (Å²) in [6.45, 7) is 7.79. The van der Waals surface area contributed by atoms with Gasteiger partial charge in [-0.2, -0.15) is 0 Å². The van der Waals surface area contributed by atoms with E-state index in [0.29, 0.717) is 0 Å². The van der Waals surface area contributed by atoms with Crippen LogP contribution >= 0.6 is 0 Å². The molecule has 1 aromatic carbocycles. The maximum absolute atomic E-state index is 11.8. The fourth-order valence-electron chi connectivity index (χ4n) is 2.70. The van der Waals surface area contributed by atoms with E-state index < -0.39 is 6.10 Å². The zero-order chi connectivity index (χ0) is 14.1. The van der Waals surface area contributed by atoms with Crippen molar-refractivity contribution in [2.75, 3.05) is 36.4 Å². The number of ether oxygens (including phenoxy) is 1. The van der Waals surface area contributed by atoms with Gasteiger partial charge in [-0.05, 0) is 31.0 Å². The van der Waals surface area contributed by atoms with Crippen molar-refractivity contribution in [3.8, 4) is 5.75 Å². The van der Waals surface area contributed by atoms with Gasteiger partial charge in [0.15, 0.2) is 11.9 Å². The Morgan fingerprint density at radius 1 is 1.35 bits per heavy atom. The summed E-state index contributed by atoms with van der Waals surface area (Å²) < 4.78 is 5.85. The van der Waals surface area contributed by atoms with Crippen LogP contribution in [0.4, 0.5) is 11.4 Å². The predicted octanol–water partition coefficient (Wildman–Crippen LogP) is 1.38. The average Bonchev–Trinajstić information content (AvgIpc) is 2.48. The average molecular weight is 275 g/mol. The van der Waals surface area contributed by atoms with E-state index in [9.17, 15) is 4.79 Å². The predicted molar refractivity (Wildman–Crippen MR) is 79.6 cm³/mol. The van der Waals surface area contributed by atoms with Crippen molar-refractivity contribution < 1.29 is 9.53 Å². The Morgan fingerprint density at radius 3 is 2.80 bits per heavy atom. The van der Waals surface area contributed by atoms with E-state index >= 15 is 0 Å². The van der Waals surface area contributed by atoms with Crippen molar-refractivity contribution >= 4 is 17.3 Å². The number of hydrogen-bond acceptors (Lipinski definition) is 4. The Kier molecular flexibility index (Phi) is 3.53. The molecule has 0 radical (unpaired) electrons. The van der Waals surface area contributed by atoms with Crippen molar-refractivity contribution in [2.24, 2.45) is 0 Å². The van der Waals surface area contributed by atoms with Gasteiger partial charge in [-0.25, -0.2) is 0 Å². The molecule has 0 spiro atoms. The maximum atomic E-state index is 11.8. The number of carbonyl (C=O) groups excluding carboxylic acids is 1. The van der Waals surface area contributed by atoms with Crippen LogP contribution in [-0.2, 0) is 11.2 Å². The SMILES string of the molecule is CCc1cc2c(c(N3CCNCC3)c1)OC(C)C(=O)N2. The Balaban J connectivity index is 2.03. The van der Waals surface area contributed by atoms with Gasteiger partial charge in [0.25, 0.3) is 5.91 Å². The molecule has 0 saturated carbocycles. The molecule has 2 aliphatic heterocycles. The maximum Gasteiger partial charge on any atom is 0.265 e. The second-order valence-electron chi connectivity index (χ2n) is 5.33. The van der Waals surface area contributed by atoms with Gasteiger partial charge >= 0.3 is 0 Å². The third-order valence-corrected chi connectivity index (χ3v) is 3.92. The van der Waals surface area contributed by atoms with E-state index in [1.807, 2.05) is 6.07 Å². The minimum absolute atomic E-state index is 0.0722. The number of nitrogens with zero attached hydrogens (tertiary/aromatic N) is 1. The van der Waals surface area contributed by atoms with Crippen LogP contribution in [0, 0.1) is 0 Å². The molecule has 108 valence electrons. The van der Waals surface area contributed by atoms with E-state index in [-0.39, 0.29) is 5.91 Å². The fraction of sp³-hybridized carbons (Fsp3) is 0.533. The lowest BCUT2D eigenvalue weighted by Crippen LogP contribution is -2.44. The van der Waals surface area contributed by atoms with Crippen LogP contribution in [0.2, 0.25) is 0 Å². The smallest absolute Gasteiger partial charge is 0.265 e. The van der Waals surface area contributed by atoms with Crippen molar-refractivity contribution in [1.29, 1.82) is 0 Å². The zero-order valence-corrected chi connectivity index (χ0v) is 12.0. The summed E-state index contributed by atoms with van der Waals surface area (Å²) >= 11 is 0. The molecular formula is C15H21N3O2. The van der Waals surface area contributed by atoms with Gasteiger partial charge in [0, 0.05) is 26.2 Å². The number of piperazine rings is 1. The minimum Gasteiger partial charge on any atom is -0.477 e. The van der Waals surface area contributed by atoms with Crippen LogP contribution in [0.25, 0.3) is 0 Å². The van der Waals surface area contributed by atoms with E-state index in [1.54, 1.807) is 6.92 Å². The van der Waals surface area contributed by atoms with Crippen LogP contribution in [-0.4, -0.2) is 38.2 Å². The molecule has 5 nitrogen and oxygen atoms in total. The Hall–Kier alpha value is -1.75. The van der Waals surface area contributed by atoms with Crippen LogP contribution in [0.1, 0.15) is 19.4 Å². The Labute approximate surface area is 119 Å². The Bertz CT molecular complexity index is 524. The lowest BCUT2D eigenvalue weighted by molar-refractivity contribution is -0.122. The normalized spacial score (nSPS) is 22.0. The van der Waals surface area contributed by atoms with E-state index in [1.165, 1.54) is 5.56 Å². The summed E-state index contributed by atoms with van der Waals surface area (Å²) in [5.74, 6) is 0.744. The molecule has 0 bridgehead atoms. The molecule has 1 saturated heterocycles. The third-order valence-electron chi connectivity index (χ3n) is 3.92. The molecule has 1 aromatic rings. The van der Waals surface area contributed by atoms with Crippen molar-refractivity contribution in [3.05, 3.63) is 17.7 Å². The zero-order valence-electron chi connectivity index (χ0n) is 12.0. The molecule has 2 heterocycles. The first kappa shape index (κ1) is 13.2. The van der Waals surface area contributed by atoms with E-state index in [4.69, 9.17) is 4.74 Å². The molecule has 1 amide bonds. The number of aryl methyl sites for hydroxylation is 1. The summed E-state index contributed by atoms with van der Waals surface area (Å²) in [5.41, 5.74) is 3.13.